The molecule has 0 radical (unpaired) electrons. The van der Waals surface area contributed by atoms with Crippen LogP contribution in [-0.4, -0.2) is 81.8 Å². The number of fused-ring (bicyclic) bond motifs is 2. The van der Waals surface area contributed by atoms with Crippen LogP contribution in [0.4, 0.5) is 5.82 Å². The van der Waals surface area contributed by atoms with Crippen LogP contribution < -0.4 is 10.5 Å². The molecule has 3 aromatic heterocycles. The molecule has 226 valence electrons. The van der Waals surface area contributed by atoms with Crippen LogP contribution >= 0.6 is 0 Å². The highest BCUT2D eigenvalue weighted by molar-refractivity contribution is 5.77. The van der Waals surface area contributed by atoms with E-state index in [1.54, 1.807) is 0 Å². The number of nitrogen functional groups attached to an aromatic ring is 1. The standard InChI is InChI=1S/C30H43N8O4/c1-16(2)36(13-22-25(39)26(40)29(42-22)37-15-38(41)24-27(31)32-14-33-28(24)37)19-10-17(11-19)6-9-23-34-20-8-7-18(30(3,4)5)12-21(20)35-23/h7-8,12,14-17,19,22,25-26,29,39-41H,6,9-11,13H2,1-5H3,(H,34,35)(H2,31,32,33)/q+1/t17?,19?,22-,25-,26-,29-/m1/s1. The highest BCUT2D eigenvalue weighted by Crippen LogP contribution is 2.38. The van der Waals surface area contributed by atoms with Crippen LogP contribution in [0.1, 0.15) is 71.5 Å². The molecule has 1 saturated heterocycles. The molecule has 1 saturated carbocycles. The van der Waals surface area contributed by atoms with Crippen LogP contribution in [0.2, 0.25) is 0 Å². The maximum atomic E-state index is 11.0. The number of aromatic amines is 1. The minimum Gasteiger partial charge on any atom is -0.387 e. The van der Waals surface area contributed by atoms with Gasteiger partial charge in [0.15, 0.2) is 5.82 Å². The van der Waals surface area contributed by atoms with Gasteiger partial charge in [-0.25, -0.2) is 9.97 Å². The number of aryl methyl sites for hydroxylation is 1. The highest BCUT2D eigenvalue weighted by atomic mass is 16.6. The van der Waals surface area contributed by atoms with Crippen molar-refractivity contribution in [2.75, 3.05) is 12.3 Å². The zero-order chi connectivity index (χ0) is 29.9. The molecule has 0 amide bonds. The van der Waals surface area contributed by atoms with Gasteiger partial charge in [0.05, 0.1) is 11.0 Å². The smallest absolute Gasteiger partial charge is 0.289 e. The van der Waals surface area contributed by atoms with E-state index in [2.05, 4.69) is 72.7 Å². The van der Waals surface area contributed by atoms with E-state index in [4.69, 9.17) is 15.5 Å². The monoisotopic (exact) mass is 579 g/mol. The molecule has 0 unspecified atom stereocenters. The molecule has 2 fully saturated rings. The van der Waals surface area contributed by atoms with Gasteiger partial charge < -0.3 is 30.9 Å². The molecule has 1 aliphatic heterocycles. The zero-order valence-electron chi connectivity index (χ0n) is 25.0. The lowest BCUT2D eigenvalue weighted by atomic mass is 9.76. The van der Waals surface area contributed by atoms with E-state index in [1.165, 1.54) is 22.8 Å². The molecule has 1 aliphatic carbocycles. The number of rotatable bonds is 8. The maximum absolute atomic E-state index is 11.0. The van der Waals surface area contributed by atoms with Crippen molar-refractivity contribution in [2.24, 2.45) is 5.92 Å². The number of hydrogen-bond acceptors (Lipinski definition) is 9. The van der Waals surface area contributed by atoms with E-state index >= 15 is 0 Å². The third kappa shape index (κ3) is 5.21. The van der Waals surface area contributed by atoms with Crippen molar-refractivity contribution in [3.8, 4) is 0 Å². The van der Waals surface area contributed by atoms with Gasteiger partial charge in [0.25, 0.3) is 17.5 Å². The Morgan fingerprint density at radius 1 is 1.19 bits per heavy atom. The van der Waals surface area contributed by atoms with E-state index in [0.717, 1.165) is 47.3 Å². The Morgan fingerprint density at radius 3 is 2.67 bits per heavy atom. The number of benzene rings is 1. The molecule has 6 N–H and O–H groups in total. The van der Waals surface area contributed by atoms with Crippen molar-refractivity contribution in [3.63, 3.8) is 0 Å². The fraction of sp³-hybridized carbons (Fsp3) is 0.600. The lowest BCUT2D eigenvalue weighted by molar-refractivity contribution is -0.885. The van der Waals surface area contributed by atoms with Crippen LogP contribution in [0.3, 0.4) is 0 Å². The Morgan fingerprint density at radius 2 is 1.95 bits per heavy atom. The van der Waals surface area contributed by atoms with E-state index in [9.17, 15) is 15.4 Å². The molecule has 2 aliphatic rings. The van der Waals surface area contributed by atoms with Gasteiger partial charge in [-0.15, -0.1) is 0 Å². The van der Waals surface area contributed by atoms with Gasteiger partial charge in [0, 0.05) is 25.0 Å². The molecule has 42 heavy (non-hydrogen) atoms. The summed E-state index contributed by atoms with van der Waals surface area (Å²) in [6.07, 6.45) is 2.93. The number of aliphatic hydroxyl groups excluding tert-OH is 2. The first-order chi connectivity index (χ1) is 19.9. The first kappa shape index (κ1) is 28.8. The summed E-state index contributed by atoms with van der Waals surface area (Å²) < 4.78 is 8.50. The summed E-state index contributed by atoms with van der Waals surface area (Å²) in [7, 11) is 0. The fourth-order valence-electron chi connectivity index (χ4n) is 6.50. The van der Waals surface area contributed by atoms with Crippen molar-refractivity contribution >= 4 is 28.0 Å². The van der Waals surface area contributed by atoms with Crippen LogP contribution in [0, 0.1) is 5.92 Å². The summed E-state index contributed by atoms with van der Waals surface area (Å²) in [6, 6.07) is 7.14. The van der Waals surface area contributed by atoms with Gasteiger partial charge in [-0.05, 0) is 66.9 Å². The largest absolute Gasteiger partial charge is 0.387 e. The second kappa shape index (κ2) is 10.7. The summed E-state index contributed by atoms with van der Waals surface area (Å²) in [6.45, 7) is 11.4. The molecular weight excluding hydrogens is 536 g/mol. The third-order valence-corrected chi connectivity index (χ3v) is 9.07. The van der Waals surface area contributed by atoms with Crippen molar-refractivity contribution in [3.05, 3.63) is 42.2 Å². The van der Waals surface area contributed by atoms with Gasteiger partial charge >= 0.3 is 0 Å². The summed E-state index contributed by atoms with van der Waals surface area (Å²) in [4.78, 5) is 18.9. The summed E-state index contributed by atoms with van der Waals surface area (Å²) in [5.74, 6) is 1.75. The average Bonchev–Trinajstić information content (AvgIpc) is 3.55. The number of H-pyrrole nitrogens is 1. The number of anilines is 1. The number of imidazole rings is 2. The number of nitrogens with two attached hydrogens (primary N) is 1. The molecule has 4 heterocycles. The quantitative estimate of drug-likeness (QED) is 0.156. The molecule has 4 atom stereocenters. The van der Waals surface area contributed by atoms with Crippen LogP contribution in [0.25, 0.3) is 22.2 Å². The predicted molar refractivity (Wildman–Crippen MR) is 157 cm³/mol. The van der Waals surface area contributed by atoms with E-state index < -0.39 is 24.5 Å². The van der Waals surface area contributed by atoms with E-state index in [-0.39, 0.29) is 22.8 Å². The van der Waals surface area contributed by atoms with Crippen LogP contribution in [-0.2, 0) is 16.6 Å². The van der Waals surface area contributed by atoms with Gasteiger partial charge in [0.1, 0.15) is 30.5 Å². The van der Waals surface area contributed by atoms with Gasteiger partial charge in [-0.1, -0.05) is 26.8 Å². The summed E-state index contributed by atoms with van der Waals surface area (Å²) in [5.41, 5.74) is 9.93. The number of aliphatic hydroxyl groups is 2. The Bertz CT molecular complexity index is 1570. The fourth-order valence-corrected chi connectivity index (χ4v) is 6.50. The second-order valence-corrected chi connectivity index (χ2v) is 13.3. The highest BCUT2D eigenvalue weighted by Gasteiger charge is 2.49. The van der Waals surface area contributed by atoms with Gasteiger partial charge in [0.2, 0.25) is 6.23 Å². The Hall–Kier alpha value is -3.32. The third-order valence-electron chi connectivity index (χ3n) is 9.07. The van der Waals surface area contributed by atoms with Crippen molar-refractivity contribution < 1.29 is 24.9 Å². The average molecular weight is 580 g/mol. The molecule has 1 aromatic carbocycles. The van der Waals surface area contributed by atoms with Gasteiger partial charge in [-0.2, -0.15) is 9.55 Å². The van der Waals surface area contributed by atoms with Gasteiger partial charge in [-0.3, -0.25) is 4.90 Å². The predicted octanol–water partition coefficient (Wildman–Crippen LogP) is 2.45. The number of aromatic nitrogens is 6. The minimum atomic E-state index is -1.20. The Kier molecular flexibility index (Phi) is 7.37. The SMILES string of the molecule is CC(C)N(C[C@H]1O[C@@H](n2c[n+](O)c3c(N)ncnc32)[C@H](O)[C@@H]1O)C1CC(CCc2nc3cc(C(C)(C)C)ccc3[nH]2)C1. The first-order valence-electron chi connectivity index (χ1n) is 14.9. The van der Waals surface area contributed by atoms with E-state index in [1.807, 2.05) is 0 Å². The molecule has 6 rings (SSSR count). The summed E-state index contributed by atoms with van der Waals surface area (Å²) >= 11 is 0. The normalized spacial score (nSPS) is 26.6. The molecule has 4 aromatic rings. The molecular formula is C30H43N8O4+. The number of ether oxygens (including phenoxy) is 1. The Labute approximate surface area is 245 Å². The maximum Gasteiger partial charge on any atom is 0.289 e. The molecule has 0 bridgehead atoms. The van der Waals surface area contributed by atoms with Crippen molar-refractivity contribution in [1.82, 2.24) is 29.4 Å². The lowest BCUT2D eigenvalue weighted by Crippen LogP contribution is -2.52. The zero-order valence-corrected chi connectivity index (χ0v) is 25.0. The molecule has 0 spiro atoms. The Balaban J connectivity index is 1.07. The molecule has 12 heteroatoms. The minimum absolute atomic E-state index is 0.0945. The van der Waals surface area contributed by atoms with Crippen LogP contribution in [0.5, 0.6) is 0 Å². The number of hydrogen-bond donors (Lipinski definition) is 5. The number of nitrogens with zero attached hydrogens (tertiary/aromatic N) is 6. The van der Waals surface area contributed by atoms with Crippen LogP contribution in [0.15, 0.2) is 30.9 Å². The first-order valence-corrected chi connectivity index (χ1v) is 14.9. The summed E-state index contributed by atoms with van der Waals surface area (Å²) in [5, 5.41) is 32.2. The van der Waals surface area contributed by atoms with Crippen molar-refractivity contribution in [2.45, 2.75) is 102 Å². The second-order valence-electron chi connectivity index (χ2n) is 13.3. The topological polar surface area (TPSA) is 162 Å². The number of nitrogens with one attached hydrogen (secondary N) is 1. The van der Waals surface area contributed by atoms with E-state index in [0.29, 0.717) is 24.2 Å². The lowest BCUT2D eigenvalue weighted by Gasteiger charge is -2.46. The van der Waals surface area contributed by atoms with Crippen molar-refractivity contribution in [1.29, 1.82) is 0 Å². The molecule has 12 nitrogen and oxygen atoms in total.